The fourth-order valence-electron chi connectivity index (χ4n) is 2.00. The van der Waals surface area contributed by atoms with E-state index in [1.165, 1.54) is 0 Å². The van der Waals surface area contributed by atoms with E-state index in [1.807, 2.05) is 19.1 Å². The smallest absolute Gasteiger partial charge is 0.191 e. The van der Waals surface area contributed by atoms with Crippen molar-refractivity contribution in [2.24, 2.45) is 4.99 Å². The molecule has 118 valence electrons. The predicted molar refractivity (Wildman–Crippen MR) is 87.5 cm³/mol. The third-order valence-corrected chi connectivity index (χ3v) is 3.11. The molecule has 22 heavy (non-hydrogen) atoms. The molecule has 0 amide bonds. The Bertz CT molecular complexity index is 562. The van der Waals surface area contributed by atoms with Crippen LogP contribution in [0.15, 0.2) is 52.1 Å². The molecule has 0 aliphatic heterocycles. The summed E-state index contributed by atoms with van der Waals surface area (Å²) in [7, 11) is 1.70. The normalized spacial score (nSPS) is 11.5. The molecule has 0 bridgehead atoms. The number of furan rings is 1. The Morgan fingerprint density at radius 1 is 1.14 bits per heavy atom. The van der Waals surface area contributed by atoms with Gasteiger partial charge in [0.2, 0.25) is 0 Å². The van der Waals surface area contributed by atoms with Crippen molar-refractivity contribution in [2.45, 2.75) is 26.6 Å². The second-order valence-corrected chi connectivity index (χ2v) is 4.88. The van der Waals surface area contributed by atoms with Gasteiger partial charge >= 0.3 is 0 Å². The van der Waals surface area contributed by atoms with Crippen LogP contribution >= 0.6 is 0 Å². The fourth-order valence-corrected chi connectivity index (χ4v) is 2.00. The number of aliphatic imine (C=N–C) groups is 1. The molecule has 5 heteroatoms. The topological polar surface area (TPSA) is 58.8 Å². The minimum absolute atomic E-state index is 0.617. The molecule has 0 saturated carbocycles. The molecular formula is C17H23N3O2. The standard InChI is InChI=1S/C17H23N3O2/c1-3-18-17(20-12-16-5-4-10-22-16)19-11-14-6-8-15(9-7-14)13-21-2/h4-10H,3,11-13H2,1-2H3,(H2,18,19,20). The highest BCUT2D eigenvalue weighted by atomic mass is 16.5. The maximum atomic E-state index is 5.30. The summed E-state index contributed by atoms with van der Waals surface area (Å²) in [6.45, 7) is 4.74. The molecule has 0 unspecified atom stereocenters. The number of benzene rings is 1. The highest BCUT2D eigenvalue weighted by Crippen LogP contribution is 2.06. The van der Waals surface area contributed by atoms with Crippen LogP contribution in [0.5, 0.6) is 0 Å². The van der Waals surface area contributed by atoms with Crippen LogP contribution in [0.25, 0.3) is 0 Å². The van der Waals surface area contributed by atoms with Gasteiger partial charge in [-0.2, -0.15) is 0 Å². The Labute approximate surface area is 131 Å². The number of nitrogens with zero attached hydrogens (tertiary/aromatic N) is 1. The van der Waals surface area contributed by atoms with Crippen LogP contribution in [0.4, 0.5) is 0 Å². The van der Waals surface area contributed by atoms with Crippen LogP contribution in [0.3, 0.4) is 0 Å². The third-order valence-electron chi connectivity index (χ3n) is 3.11. The van der Waals surface area contributed by atoms with E-state index in [2.05, 4.69) is 39.9 Å². The molecule has 0 radical (unpaired) electrons. The summed E-state index contributed by atoms with van der Waals surface area (Å²) in [4.78, 5) is 4.58. The molecule has 0 atom stereocenters. The minimum atomic E-state index is 0.617. The van der Waals surface area contributed by atoms with Gasteiger partial charge in [0.25, 0.3) is 0 Å². The van der Waals surface area contributed by atoms with Crippen LogP contribution in [-0.4, -0.2) is 19.6 Å². The molecule has 2 aromatic rings. The van der Waals surface area contributed by atoms with Gasteiger partial charge in [-0.15, -0.1) is 0 Å². The SMILES string of the molecule is CCNC(=NCc1ccc(COC)cc1)NCc1ccco1. The fraction of sp³-hybridized carbons (Fsp3) is 0.353. The first-order valence-electron chi connectivity index (χ1n) is 7.43. The zero-order valence-corrected chi connectivity index (χ0v) is 13.1. The highest BCUT2D eigenvalue weighted by Gasteiger charge is 2.00. The summed E-state index contributed by atoms with van der Waals surface area (Å²) < 4.78 is 10.4. The summed E-state index contributed by atoms with van der Waals surface area (Å²) in [6.07, 6.45) is 1.67. The van der Waals surface area contributed by atoms with Crippen LogP contribution in [0, 0.1) is 0 Å². The Morgan fingerprint density at radius 3 is 2.55 bits per heavy atom. The Kier molecular flexibility index (Phi) is 6.51. The number of guanidine groups is 1. The molecular weight excluding hydrogens is 278 g/mol. The first kappa shape index (κ1) is 16.1. The van der Waals surface area contributed by atoms with Crippen molar-refractivity contribution in [1.82, 2.24) is 10.6 Å². The Morgan fingerprint density at radius 2 is 1.91 bits per heavy atom. The van der Waals surface area contributed by atoms with Gasteiger partial charge in [-0.05, 0) is 30.2 Å². The first-order valence-corrected chi connectivity index (χ1v) is 7.43. The number of rotatable bonds is 7. The molecule has 5 nitrogen and oxygen atoms in total. The first-order chi connectivity index (χ1) is 10.8. The van der Waals surface area contributed by atoms with Crippen LogP contribution in [0.1, 0.15) is 23.8 Å². The summed E-state index contributed by atoms with van der Waals surface area (Å²) in [5.74, 6) is 1.66. The second kappa shape index (κ2) is 8.89. The molecule has 0 spiro atoms. The lowest BCUT2D eigenvalue weighted by atomic mass is 10.1. The monoisotopic (exact) mass is 301 g/mol. The number of ether oxygens (including phenoxy) is 1. The number of methoxy groups -OCH3 is 1. The van der Waals surface area contributed by atoms with E-state index in [4.69, 9.17) is 9.15 Å². The van der Waals surface area contributed by atoms with E-state index in [9.17, 15) is 0 Å². The predicted octanol–water partition coefficient (Wildman–Crippen LogP) is 2.68. The average molecular weight is 301 g/mol. The molecule has 0 saturated heterocycles. The van der Waals surface area contributed by atoms with Gasteiger partial charge in [-0.25, -0.2) is 4.99 Å². The molecule has 2 N–H and O–H groups in total. The van der Waals surface area contributed by atoms with Gasteiger partial charge in [-0.1, -0.05) is 24.3 Å². The Hall–Kier alpha value is -2.27. The third kappa shape index (κ3) is 5.26. The van der Waals surface area contributed by atoms with Crippen molar-refractivity contribution >= 4 is 5.96 Å². The average Bonchev–Trinajstić information content (AvgIpc) is 3.05. The van der Waals surface area contributed by atoms with E-state index < -0.39 is 0 Å². The lowest BCUT2D eigenvalue weighted by Gasteiger charge is -2.10. The van der Waals surface area contributed by atoms with Crippen molar-refractivity contribution in [3.05, 3.63) is 59.5 Å². The van der Waals surface area contributed by atoms with Crippen molar-refractivity contribution in [2.75, 3.05) is 13.7 Å². The summed E-state index contributed by atoms with van der Waals surface area (Å²) in [5, 5.41) is 6.47. The largest absolute Gasteiger partial charge is 0.467 e. The van der Waals surface area contributed by atoms with Crippen LogP contribution in [0.2, 0.25) is 0 Å². The number of hydrogen-bond acceptors (Lipinski definition) is 3. The van der Waals surface area contributed by atoms with Gasteiger partial charge in [-0.3, -0.25) is 0 Å². The van der Waals surface area contributed by atoms with Crippen molar-refractivity contribution in [3.8, 4) is 0 Å². The zero-order valence-electron chi connectivity index (χ0n) is 13.1. The quantitative estimate of drug-likeness (QED) is 0.610. The highest BCUT2D eigenvalue weighted by molar-refractivity contribution is 5.79. The van der Waals surface area contributed by atoms with E-state index in [0.717, 1.165) is 29.4 Å². The molecule has 0 aliphatic rings. The molecule has 1 heterocycles. The van der Waals surface area contributed by atoms with Gasteiger partial charge in [0, 0.05) is 13.7 Å². The maximum absolute atomic E-state index is 5.30. The number of nitrogens with one attached hydrogen (secondary N) is 2. The summed E-state index contributed by atoms with van der Waals surface area (Å²) >= 11 is 0. The molecule has 0 fully saturated rings. The van der Waals surface area contributed by atoms with E-state index in [1.54, 1.807) is 13.4 Å². The second-order valence-electron chi connectivity index (χ2n) is 4.88. The van der Waals surface area contributed by atoms with Crippen molar-refractivity contribution in [3.63, 3.8) is 0 Å². The van der Waals surface area contributed by atoms with E-state index in [-0.39, 0.29) is 0 Å². The summed E-state index contributed by atoms with van der Waals surface area (Å²) in [5.41, 5.74) is 2.33. The van der Waals surface area contributed by atoms with Crippen LogP contribution < -0.4 is 10.6 Å². The van der Waals surface area contributed by atoms with Gasteiger partial charge < -0.3 is 19.8 Å². The Balaban J connectivity index is 1.90. The molecule has 1 aromatic carbocycles. The lowest BCUT2D eigenvalue weighted by Crippen LogP contribution is -2.36. The van der Waals surface area contributed by atoms with Gasteiger partial charge in [0.05, 0.1) is 26.0 Å². The van der Waals surface area contributed by atoms with Crippen molar-refractivity contribution < 1.29 is 9.15 Å². The van der Waals surface area contributed by atoms with Crippen LogP contribution in [-0.2, 0) is 24.4 Å². The zero-order chi connectivity index (χ0) is 15.6. The molecule has 2 rings (SSSR count). The van der Waals surface area contributed by atoms with Crippen molar-refractivity contribution in [1.29, 1.82) is 0 Å². The van der Waals surface area contributed by atoms with Gasteiger partial charge in [0.15, 0.2) is 5.96 Å². The minimum Gasteiger partial charge on any atom is -0.467 e. The molecule has 1 aromatic heterocycles. The van der Waals surface area contributed by atoms with E-state index >= 15 is 0 Å². The van der Waals surface area contributed by atoms with Gasteiger partial charge in [0.1, 0.15) is 5.76 Å². The van der Waals surface area contributed by atoms with E-state index in [0.29, 0.717) is 19.7 Å². The number of hydrogen-bond donors (Lipinski definition) is 2. The molecule has 0 aliphatic carbocycles. The maximum Gasteiger partial charge on any atom is 0.191 e. The summed E-state index contributed by atoms with van der Waals surface area (Å²) in [6, 6.07) is 12.1. The lowest BCUT2D eigenvalue weighted by molar-refractivity contribution is 0.185.